The molecule has 12 rings (SSSR count). The third-order valence-corrected chi connectivity index (χ3v) is 12.1. The molecule has 0 saturated heterocycles. The van der Waals surface area contributed by atoms with E-state index in [1.807, 2.05) is 6.20 Å². The molecule has 3 heterocycles. The Labute approximate surface area is 322 Å². The largest absolute Gasteiger partial charge is 0.307 e. The zero-order valence-corrected chi connectivity index (χ0v) is 31.0. The van der Waals surface area contributed by atoms with Gasteiger partial charge in [0.1, 0.15) is 0 Å². The first-order valence-electron chi connectivity index (χ1n) is 19.3. The molecule has 0 fully saturated rings. The van der Waals surface area contributed by atoms with Crippen LogP contribution in [0.1, 0.15) is 11.1 Å². The normalized spacial score (nSPS) is 12.1. The third-order valence-electron chi connectivity index (χ3n) is 12.1. The Kier molecular flexibility index (Phi) is 6.44. The van der Waals surface area contributed by atoms with Crippen LogP contribution in [0.15, 0.2) is 170 Å². The molecule has 0 unspecified atom stereocenters. The number of hydrogen-bond donors (Lipinski definition) is 0. The van der Waals surface area contributed by atoms with Crippen molar-refractivity contribution in [2.75, 3.05) is 0 Å². The smallest absolute Gasteiger partial charge is 0.0979 e. The summed E-state index contributed by atoms with van der Waals surface area (Å²) >= 11 is 0. The Bertz CT molecular complexity index is 3570. The highest BCUT2D eigenvalue weighted by atomic mass is 15.0. The maximum absolute atomic E-state index is 5.50. The first kappa shape index (κ1) is 31.1. The molecule has 0 amide bonds. The lowest BCUT2D eigenvalue weighted by Crippen LogP contribution is -2.01. The molecule has 4 nitrogen and oxygen atoms in total. The second-order valence-electron chi connectivity index (χ2n) is 15.0. The molecular formula is C52H34N4. The topological polar surface area (TPSA) is 35.6 Å². The number of rotatable bonds is 3. The standard InChI is InChI=1S/C52H34N4/c1-31-32(2)48-42-25-13-15-27-46(42)56(52(48)51-47(31)41-24-12-14-26-45(41)55(51)34-17-4-3-5-18-34)35-28-33-16-6-7-19-36(33)43(29-35)44-30-53-49-39-22-10-8-20-37(39)38-21-9-11-23-40(38)50(49)54-44/h3-30H,1-2H3. The lowest BCUT2D eigenvalue weighted by Gasteiger charge is -2.17. The summed E-state index contributed by atoms with van der Waals surface area (Å²) in [7, 11) is 0. The van der Waals surface area contributed by atoms with Crippen LogP contribution in [0.4, 0.5) is 0 Å². The van der Waals surface area contributed by atoms with Gasteiger partial charge in [0.25, 0.3) is 0 Å². The van der Waals surface area contributed by atoms with Crippen molar-refractivity contribution < 1.29 is 0 Å². The van der Waals surface area contributed by atoms with Gasteiger partial charge in [-0.05, 0) is 82.9 Å². The highest BCUT2D eigenvalue weighted by Gasteiger charge is 2.25. The maximum Gasteiger partial charge on any atom is 0.0979 e. The van der Waals surface area contributed by atoms with Gasteiger partial charge in [-0.1, -0.05) is 127 Å². The molecule has 9 aromatic carbocycles. The van der Waals surface area contributed by atoms with Crippen LogP contribution >= 0.6 is 0 Å². The molecule has 0 bridgehead atoms. The molecule has 0 aliphatic carbocycles. The third kappa shape index (κ3) is 4.18. The molecule has 262 valence electrons. The average molecular weight is 715 g/mol. The zero-order valence-electron chi connectivity index (χ0n) is 31.0. The Morgan fingerprint density at radius 3 is 1.52 bits per heavy atom. The Morgan fingerprint density at radius 2 is 0.893 bits per heavy atom. The van der Waals surface area contributed by atoms with E-state index in [4.69, 9.17) is 9.97 Å². The van der Waals surface area contributed by atoms with Crippen molar-refractivity contribution in [1.82, 2.24) is 19.1 Å². The first-order chi connectivity index (χ1) is 27.7. The van der Waals surface area contributed by atoms with E-state index >= 15 is 0 Å². The monoisotopic (exact) mass is 714 g/mol. The molecule has 0 radical (unpaired) electrons. The van der Waals surface area contributed by atoms with E-state index < -0.39 is 0 Å². The maximum atomic E-state index is 5.50. The van der Waals surface area contributed by atoms with Gasteiger partial charge in [0, 0.05) is 49.3 Å². The van der Waals surface area contributed by atoms with Gasteiger partial charge < -0.3 is 9.13 Å². The van der Waals surface area contributed by atoms with Crippen LogP contribution in [-0.4, -0.2) is 19.1 Å². The van der Waals surface area contributed by atoms with E-state index in [9.17, 15) is 0 Å². The molecule has 0 atom stereocenters. The van der Waals surface area contributed by atoms with Gasteiger partial charge in [-0.2, -0.15) is 0 Å². The van der Waals surface area contributed by atoms with E-state index in [0.717, 1.165) is 55.2 Å². The summed E-state index contributed by atoms with van der Waals surface area (Å²) in [6, 6.07) is 59.0. The molecule has 0 aliphatic rings. The van der Waals surface area contributed by atoms with E-state index in [-0.39, 0.29) is 0 Å². The minimum Gasteiger partial charge on any atom is -0.307 e. The van der Waals surface area contributed by atoms with Crippen LogP contribution in [0, 0.1) is 13.8 Å². The lowest BCUT2D eigenvalue weighted by atomic mass is 9.97. The number of para-hydroxylation sites is 3. The second kappa shape index (κ2) is 11.6. The fourth-order valence-corrected chi connectivity index (χ4v) is 9.56. The van der Waals surface area contributed by atoms with Gasteiger partial charge in [-0.15, -0.1) is 0 Å². The molecule has 12 aromatic rings. The van der Waals surface area contributed by atoms with Crippen molar-refractivity contribution in [1.29, 1.82) is 0 Å². The molecule has 0 saturated carbocycles. The van der Waals surface area contributed by atoms with Gasteiger partial charge in [-0.3, -0.25) is 4.98 Å². The van der Waals surface area contributed by atoms with Crippen molar-refractivity contribution in [3.05, 3.63) is 181 Å². The number of benzene rings is 9. The molecule has 0 spiro atoms. The average Bonchev–Trinajstić information content (AvgIpc) is 3.79. The summed E-state index contributed by atoms with van der Waals surface area (Å²) in [5.41, 5.74) is 13.4. The van der Waals surface area contributed by atoms with Gasteiger partial charge >= 0.3 is 0 Å². The van der Waals surface area contributed by atoms with Crippen LogP contribution < -0.4 is 0 Å². The van der Waals surface area contributed by atoms with Gasteiger partial charge in [0.15, 0.2) is 0 Å². The van der Waals surface area contributed by atoms with Crippen molar-refractivity contribution >= 4 is 87.0 Å². The van der Waals surface area contributed by atoms with Crippen LogP contribution in [0.3, 0.4) is 0 Å². The minimum atomic E-state index is 0.854. The summed E-state index contributed by atoms with van der Waals surface area (Å²) < 4.78 is 4.98. The number of fused-ring (bicyclic) bond motifs is 14. The van der Waals surface area contributed by atoms with Crippen LogP contribution in [0.25, 0.3) is 110 Å². The highest BCUT2D eigenvalue weighted by molar-refractivity contribution is 6.27. The molecule has 56 heavy (non-hydrogen) atoms. The lowest BCUT2D eigenvalue weighted by molar-refractivity contribution is 1.15. The Morgan fingerprint density at radius 1 is 0.411 bits per heavy atom. The van der Waals surface area contributed by atoms with E-state index in [1.165, 1.54) is 65.5 Å². The minimum absolute atomic E-state index is 0.854. The van der Waals surface area contributed by atoms with E-state index in [2.05, 4.69) is 187 Å². The van der Waals surface area contributed by atoms with Gasteiger partial charge in [-0.25, -0.2) is 4.98 Å². The first-order valence-corrected chi connectivity index (χ1v) is 19.3. The van der Waals surface area contributed by atoms with Crippen molar-refractivity contribution in [3.63, 3.8) is 0 Å². The molecular weight excluding hydrogens is 681 g/mol. The Balaban J connectivity index is 1.24. The fraction of sp³-hybridized carbons (Fsp3) is 0.0385. The SMILES string of the molecule is Cc1c(C)c2c3ccccc3n(-c3cc(-c4cnc5c6ccccc6c6ccccc6c5n4)c4ccccc4c3)c2c2c1c1ccccc1n2-c1ccccc1. The predicted octanol–water partition coefficient (Wildman–Crippen LogP) is 13.6. The van der Waals surface area contributed by atoms with Crippen LogP contribution in [0.2, 0.25) is 0 Å². The summed E-state index contributed by atoms with van der Waals surface area (Å²) in [4.78, 5) is 10.7. The second-order valence-corrected chi connectivity index (χ2v) is 15.0. The Hall–Kier alpha value is -7.30. The highest BCUT2D eigenvalue weighted by Crippen LogP contribution is 2.46. The van der Waals surface area contributed by atoms with E-state index in [1.54, 1.807) is 0 Å². The zero-order chi connectivity index (χ0) is 37.1. The van der Waals surface area contributed by atoms with Crippen LogP contribution in [-0.2, 0) is 0 Å². The van der Waals surface area contributed by atoms with Gasteiger partial charge in [0.05, 0.1) is 45.0 Å². The van der Waals surface area contributed by atoms with Crippen molar-refractivity contribution in [3.8, 4) is 22.6 Å². The molecule has 0 N–H and O–H groups in total. The summed E-state index contributed by atoms with van der Waals surface area (Å²) in [5, 5.41) is 12.0. The van der Waals surface area contributed by atoms with Crippen molar-refractivity contribution in [2.24, 2.45) is 0 Å². The fourth-order valence-electron chi connectivity index (χ4n) is 9.56. The quantitative estimate of drug-likeness (QED) is 0.171. The number of aryl methyl sites for hydroxylation is 2. The van der Waals surface area contributed by atoms with E-state index in [0.29, 0.717) is 0 Å². The predicted molar refractivity (Wildman–Crippen MR) is 236 cm³/mol. The summed E-state index contributed by atoms with van der Waals surface area (Å²) in [6.45, 7) is 4.59. The van der Waals surface area contributed by atoms with Crippen molar-refractivity contribution in [2.45, 2.75) is 13.8 Å². The molecule has 3 aromatic heterocycles. The summed E-state index contributed by atoms with van der Waals surface area (Å²) in [6.07, 6.45) is 1.97. The number of nitrogens with zero attached hydrogens (tertiary/aromatic N) is 4. The number of hydrogen-bond acceptors (Lipinski definition) is 2. The number of aromatic nitrogens is 4. The molecule has 0 aliphatic heterocycles. The molecule has 4 heteroatoms. The van der Waals surface area contributed by atoms with Gasteiger partial charge in [0.2, 0.25) is 0 Å². The van der Waals surface area contributed by atoms with Crippen LogP contribution in [0.5, 0.6) is 0 Å². The summed E-state index contributed by atoms with van der Waals surface area (Å²) in [5.74, 6) is 0.